The summed E-state index contributed by atoms with van der Waals surface area (Å²) < 4.78 is 0. The summed E-state index contributed by atoms with van der Waals surface area (Å²) in [4.78, 5) is 4.53. The maximum absolute atomic E-state index is 5.68. The lowest BCUT2D eigenvalue weighted by atomic mass is 10.0. The Kier molecular flexibility index (Phi) is 4.93. The Bertz CT molecular complexity index is 400. The van der Waals surface area contributed by atoms with Gasteiger partial charge in [-0.3, -0.25) is 4.98 Å². The van der Waals surface area contributed by atoms with Gasteiger partial charge in [0.05, 0.1) is 11.9 Å². The van der Waals surface area contributed by atoms with E-state index in [0.29, 0.717) is 4.99 Å². The fourth-order valence-corrected chi connectivity index (χ4v) is 2.84. The summed E-state index contributed by atoms with van der Waals surface area (Å²) in [5, 5.41) is 3.39. The molecular formula is C14H21N3S. The average molecular weight is 263 g/mol. The molecule has 1 saturated carbocycles. The number of pyridine rings is 1. The number of aromatic nitrogens is 1. The zero-order chi connectivity index (χ0) is 12.8. The largest absolute Gasteiger partial charge is 0.389 e. The fraction of sp³-hybridized carbons (Fsp3) is 0.571. The van der Waals surface area contributed by atoms with Crippen LogP contribution in [-0.2, 0) is 0 Å². The minimum Gasteiger partial charge on any atom is -0.389 e. The van der Waals surface area contributed by atoms with Gasteiger partial charge in [-0.25, -0.2) is 0 Å². The van der Waals surface area contributed by atoms with Gasteiger partial charge in [0.25, 0.3) is 0 Å². The number of hydrogen-bond acceptors (Lipinski definition) is 3. The molecule has 3 N–H and O–H groups in total. The Labute approximate surface area is 114 Å². The lowest BCUT2D eigenvalue weighted by Gasteiger charge is -2.12. The number of nitrogens with two attached hydrogens (primary N) is 1. The molecule has 1 aromatic heterocycles. The first-order chi connectivity index (χ1) is 8.77. The summed E-state index contributed by atoms with van der Waals surface area (Å²) in [6, 6.07) is 1.86. The Morgan fingerprint density at radius 3 is 2.94 bits per heavy atom. The third-order valence-corrected chi connectivity index (χ3v) is 3.89. The summed E-state index contributed by atoms with van der Waals surface area (Å²) in [6.07, 6.45) is 11.7. The van der Waals surface area contributed by atoms with Crippen molar-refractivity contribution in [2.24, 2.45) is 11.7 Å². The molecule has 0 bridgehead atoms. The van der Waals surface area contributed by atoms with Crippen LogP contribution in [0.25, 0.3) is 0 Å². The van der Waals surface area contributed by atoms with E-state index in [-0.39, 0.29) is 0 Å². The number of rotatable bonds is 6. The zero-order valence-corrected chi connectivity index (χ0v) is 11.5. The van der Waals surface area contributed by atoms with Crippen molar-refractivity contribution in [3.05, 3.63) is 24.0 Å². The van der Waals surface area contributed by atoms with Crippen LogP contribution in [0, 0.1) is 5.92 Å². The highest BCUT2D eigenvalue weighted by Gasteiger charge is 2.14. The van der Waals surface area contributed by atoms with Gasteiger partial charge in [0.2, 0.25) is 0 Å². The second kappa shape index (κ2) is 6.69. The molecule has 0 radical (unpaired) electrons. The monoisotopic (exact) mass is 263 g/mol. The molecule has 98 valence electrons. The number of thiocarbonyl (C=S) groups is 1. The Morgan fingerprint density at radius 1 is 1.44 bits per heavy atom. The molecule has 0 amide bonds. The highest BCUT2D eigenvalue weighted by molar-refractivity contribution is 7.80. The minimum absolute atomic E-state index is 0.427. The molecule has 1 aliphatic rings. The van der Waals surface area contributed by atoms with Crippen LogP contribution >= 0.6 is 12.2 Å². The van der Waals surface area contributed by atoms with Gasteiger partial charge in [-0.15, -0.1) is 0 Å². The molecule has 0 saturated heterocycles. The molecule has 0 spiro atoms. The molecule has 1 aliphatic carbocycles. The van der Waals surface area contributed by atoms with Crippen LogP contribution in [0.15, 0.2) is 18.5 Å². The van der Waals surface area contributed by atoms with E-state index in [1.807, 2.05) is 6.07 Å². The van der Waals surface area contributed by atoms with Crippen molar-refractivity contribution < 1.29 is 0 Å². The molecular weight excluding hydrogens is 242 g/mol. The van der Waals surface area contributed by atoms with Gasteiger partial charge in [-0.1, -0.05) is 37.9 Å². The van der Waals surface area contributed by atoms with E-state index in [1.165, 1.54) is 38.5 Å². The third kappa shape index (κ3) is 3.67. The van der Waals surface area contributed by atoms with Crippen LogP contribution in [0.4, 0.5) is 5.69 Å². The fourth-order valence-electron chi connectivity index (χ4n) is 2.66. The predicted octanol–water partition coefficient (Wildman–Crippen LogP) is 3.10. The van der Waals surface area contributed by atoms with Gasteiger partial charge >= 0.3 is 0 Å². The van der Waals surface area contributed by atoms with Crippen LogP contribution in [0.1, 0.15) is 44.1 Å². The van der Waals surface area contributed by atoms with Crippen LogP contribution in [0.3, 0.4) is 0 Å². The first-order valence-electron chi connectivity index (χ1n) is 6.75. The van der Waals surface area contributed by atoms with Crippen molar-refractivity contribution in [1.29, 1.82) is 0 Å². The molecule has 4 heteroatoms. The van der Waals surface area contributed by atoms with Gasteiger partial charge in [0.15, 0.2) is 0 Å². The van der Waals surface area contributed by atoms with Gasteiger partial charge in [0, 0.05) is 18.3 Å². The summed E-state index contributed by atoms with van der Waals surface area (Å²) >= 11 is 5.03. The van der Waals surface area contributed by atoms with E-state index in [0.717, 1.165) is 23.7 Å². The standard InChI is InChI=1S/C14H21N3S/c15-14(18)12-7-9-16-10-13(12)17-8-3-6-11-4-1-2-5-11/h7,9-11,17H,1-6,8H2,(H2,15,18). The summed E-state index contributed by atoms with van der Waals surface area (Å²) in [7, 11) is 0. The van der Waals surface area contributed by atoms with Gasteiger partial charge in [-0.2, -0.15) is 0 Å². The Morgan fingerprint density at radius 2 is 2.22 bits per heavy atom. The second-order valence-electron chi connectivity index (χ2n) is 5.00. The molecule has 3 nitrogen and oxygen atoms in total. The van der Waals surface area contributed by atoms with E-state index in [2.05, 4.69) is 10.3 Å². The molecule has 0 aliphatic heterocycles. The molecule has 1 aromatic rings. The molecule has 1 heterocycles. The summed E-state index contributed by atoms with van der Waals surface area (Å²) in [5.41, 5.74) is 7.53. The van der Waals surface area contributed by atoms with Crippen LogP contribution in [-0.4, -0.2) is 16.5 Å². The molecule has 18 heavy (non-hydrogen) atoms. The quantitative estimate of drug-likeness (QED) is 0.611. The highest BCUT2D eigenvalue weighted by Crippen LogP contribution is 2.28. The molecule has 2 rings (SSSR count). The topological polar surface area (TPSA) is 50.9 Å². The third-order valence-electron chi connectivity index (χ3n) is 3.67. The molecule has 0 unspecified atom stereocenters. The van der Waals surface area contributed by atoms with Gasteiger partial charge < -0.3 is 11.1 Å². The van der Waals surface area contributed by atoms with Crippen molar-refractivity contribution in [1.82, 2.24) is 4.98 Å². The van der Waals surface area contributed by atoms with Crippen LogP contribution < -0.4 is 11.1 Å². The number of nitrogens with one attached hydrogen (secondary N) is 1. The van der Waals surface area contributed by atoms with Gasteiger partial charge in [0.1, 0.15) is 4.99 Å². The number of nitrogens with zero attached hydrogens (tertiary/aromatic N) is 1. The lowest BCUT2D eigenvalue weighted by Crippen LogP contribution is -2.14. The maximum atomic E-state index is 5.68. The summed E-state index contributed by atoms with van der Waals surface area (Å²) in [6.45, 7) is 0.970. The number of hydrogen-bond donors (Lipinski definition) is 2. The predicted molar refractivity (Wildman–Crippen MR) is 79.8 cm³/mol. The molecule has 0 atom stereocenters. The highest BCUT2D eigenvalue weighted by atomic mass is 32.1. The van der Waals surface area contributed by atoms with Crippen molar-refractivity contribution in [3.63, 3.8) is 0 Å². The van der Waals surface area contributed by atoms with Crippen molar-refractivity contribution in [3.8, 4) is 0 Å². The van der Waals surface area contributed by atoms with Crippen molar-refractivity contribution >= 4 is 22.9 Å². The van der Waals surface area contributed by atoms with Gasteiger partial charge in [-0.05, 0) is 24.8 Å². The maximum Gasteiger partial charge on any atom is 0.106 e. The van der Waals surface area contributed by atoms with E-state index in [1.54, 1.807) is 12.4 Å². The Balaban J connectivity index is 1.77. The first-order valence-corrected chi connectivity index (χ1v) is 7.16. The van der Waals surface area contributed by atoms with Crippen molar-refractivity contribution in [2.45, 2.75) is 38.5 Å². The van der Waals surface area contributed by atoms with E-state index in [4.69, 9.17) is 18.0 Å². The minimum atomic E-state index is 0.427. The smallest absolute Gasteiger partial charge is 0.106 e. The summed E-state index contributed by atoms with van der Waals surface area (Å²) in [5.74, 6) is 0.954. The van der Waals surface area contributed by atoms with Crippen LogP contribution in [0.2, 0.25) is 0 Å². The van der Waals surface area contributed by atoms with Crippen LogP contribution in [0.5, 0.6) is 0 Å². The van der Waals surface area contributed by atoms with E-state index in [9.17, 15) is 0 Å². The van der Waals surface area contributed by atoms with E-state index < -0.39 is 0 Å². The Hall–Kier alpha value is -1.16. The number of anilines is 1. The average Bonchev–Trinajstić information content (AvgIpc) is 2.88. The first kappa shape index (κ1) is 13.3. The normalized spacial score (nSPS) is 15.8. The molecule has 1 fully saturated rings. The molecule has 0 aromatic carbocycles. The van der Waals surface area contributed by atoms with Crippen molar-refractivity contribution in [2.75, 3.05) is 11.9 Å². The van der Waals surface area contributed by atoms with E-state index >= 15 is 0 Å². The SMILES string of the molecule is NC(=S)c1ccncc1NCCCC1CCCC1. The lowest BCUT2D eigenvalue weighted by molar-refractivity contribution is 0.491. The second-order valence-corrected chi connectivity index (χ2v) is 5.44. The zero-order valence-electron chi connectivity index (χ0n) is 10.7.